The van der Waals surface area contributed by atoms with Crippen molar-refractivity contribution in [2.24, 2.45) is 5.92 Å². The molecule has 2 nitrogen and oxygen atoms in total. The summed E-state index contributed by atoms with van der Waals surface area (Å²) in [5.41, 5.74) is 0.128. The maximum atomic E-state index is 9.00. The van der Waals surface area contributed by atoms with Gasteiger partial charge in [0.25, 0.3) is 0 Å². The number of aliphatic hydroxyl groups excluding tert-OH is 1. The van der Waals surface area contributed by atoms with Gasteiger partial charge in [-0.3, -0.25) is 0 Å². The molecule has 1 fully saturated rings. The molecule has 2 heteroatoms. The van der Waals surface area contributed by atoms with Gasteiger partial charge in [0.2, 0.25) is 0 Å². The fourth-order valence-corrected chi connectivity index (χ4v) is 2.11. The molecular weight excluding hydrogens is 174 g/mol. The predicted molar refractivity (Wildman–Crippen MR) is 60.3 cm³/mol. The van der Waals surface area contributed by atoms with E-state index in [0.29, 0.717) is 6.04 Å². The minimum Gasteiger partial charge on any atom is -0.396 e. The largest absolute Gasteiger partial charge is 0.396 e. The van der Waals surface area contributed by atoms with Crippen LogP contribution in [0.1, 0.15) is 52.9 Å². The third-order valence-electron chi connectivity index (χ3n) is 3.42. The Kier molecular flexibility index (Phi) is 4.39. The molecule has 1 rings (SSSR count). The van der Waals surface area contributed by atoms with Crippen molar-refractivity contribution in [2.45, 2.75) is 64.5 Å². The average Bonchev–Trinajstić information content (AvgIpc) is 2.88. The fourth-order valence-electron chi connectivity index (χ4n) is 2.11. The molecule has 0 heterocycles. The van der Waals surface area contributed by atoms with Gasteiger partial charge in [-0.15, -0.1) is 0 Å². The van der Waals surface area contributed by atoms with Crippen LogP contribution in [0.15, 0.2) is 0 Å². The first kappa shape index (κ1) is 12.0. The third-order valence-corrected chi connectivity index (χ3v) is 3.42. The number of nitrogens with one attached hydrogen (secondary N) is 1. The highest BCUT2D eigenvalue weighted by Crippen LogP contribution is 2.34. The van der Waals surface area contributed by atoms with E-state index in [2.05, 4.69) is 26.1 Å². The average molecular weight is 199 g/mol. The second kappa shape index (κ2) is 5.13. The Morgan fingerprint density at radius 1 is 1.50 bits per heavy atom. The van der Waals surface area contributed by atoms with E-state index < -0.39 is 0 Å². The van der Waals surface area contributed by atoms with Crippen molar-refractivity contribution in [2.75, 3.05) is 6.61 Å². The zero-order valence-corrected chi connectivity index (χ0v) is 9.84. The van der Waals surface area contributed by atoms with Crippen molar-refractivity contribution >= 4 is 0 Å². The van der Waals surface area contributed by atoms with Gasteiger partial charge in [0.1, 0.15) is 0 Å². The van der Waals surface area contributed by atoms with E-state index in [-0.39, 0.29) is 12.1 Å². The lowest BCUT2D eigenvalue weighted by molar-refractivity contribution is 0.201. The molecule has 0 aromatic heterocycles. The highest BCUT2D eigenvalue weighted by Gasteiger charge is 2.27. The summed E-state index contributed by atoms with van der Waals surface area (Å²) >= 11 is 0. The topological polar surface area (TPSA) is 32.3 Å². The molecule has 2 atom stereocenters. The first-order chi connectivity index (χ1) is 6.59. The second-order valence-corrected chi connectivity index (χ2v) is 5.11. The first-order valence-electron chi connectivity index (χ1n) is 5.98. The van der Waals surface area contributed by atoms with Crippen LogP contribution >= 0.6 is 0 Å². The van der Waals surface area contributed by atoms with Crippen LogP contribution in [0.3, 0.4) is 0 Å². The van der Waals surface area contributed by atoms with E-state index in [9.17, 15) is 0 Å². The van der Waals surface area contributed by atoms with Gasteiger partial charge in [0.15, 0.2) is 0 Å². The Morgan fingerprint density at radius 3 is 2.57 bits per heavy atom. The van der Waals surface area contributed by atoms with Crippen LogP contribution in [0.4, 0.5) is 0 Å². The van der Waals surface area contributed by atoms with Gasteiger partial charge >= 0.3 is 0 Å². The molecule has 84 valence electrons. The van der Waals surface area contributed by atoms with E-state index in [0.717, 1.165) is 18.8 Å². The maximum absolute atomic E-state index is 9.00. The molecule has 1 saturated carbocycles. The Bertz CT molecular complexity index is 168. The van der Waals surface area contributed by atoms with Gasteiger partial charge in [-0.1, -0.05) is 19.8 Å². The van der Waals surface area contributed by atoms with E-state index in [1.54, 1.807) is 0 Å². The summed E-state index contributed by atoms with van der Waals surface area (Å²) in [7, 11) is 0. The molecule has 1 aliphatic rings. The van der Waals surface area contributed by atoms with Crippen LogP contribution in [0.25, 0.3) is 0 Å². The smallest absolute Gasteiger partial charge is 0.0448 e. The molecule has 0 aliphatic heterocycles. The van der Waals surface area contributed by atoms with Crippen LogP contribution in [0.5, 0.6) is 0 Å². The van der Waals surface area contributed by atoms with Crippen molar-refractivity contribution in [3.05, 3.63) is 0 Å². The molecule has 0 aromatic carbocycles. The van der Waals surface area contributed by atoms with Crippen LogP contribution in [0, 0.1) is 5.92 Å². The molecular formula is C12H25NO. The summed E-state index contributed by atoms with van der Waals surface area (Å²) in [5.74, 6) is 0.979. The molecule has 0 bridgehead atoms. The van der Waals surface area contributed by atoms with Crippen LogP contribution in [0.2, 0.25) is 0 Å². The molecule has 0 aromatic rings. The summed E-state index contributed by atoms with van der Waals surface area (Å²) in [6.07, 6.45) is 6.10. The summed E-state index contributed by atoms with van der Waals surface area (Å²) in [6, 6.07) is 0.596. The van der Waals surface area contributed by atoms with E-state index >= 15 is 0 Å². The lowest BCUT2D eigenvalue weighted by Crippen LogP contribution is -2.47. The molecule has 1 aliphatic carbocycles. The van der Waals surface area contributed by atoms with Crippen LogP contribution in [-0.2, 0) is 0 Å². The minimum absolute atomic E-state index is 0.128. The maximum Gasteiger partial charge on any atom is 0.0448 e. The summed E-state index contributed by atoms with van der Waals surface area (Å²) in [4.78, 5) is 0. The second-order valence-electron chi connectivity index (χ2n) is 5.11. The number of hydrogen-bond acceptors (Lipinski definition) is 2. The Morgan fingerprint density at radius 2 is 2.14 bits per heavy atom. The number of hydrogen-bond donors (Lipinski definition) is 2. The third kappa shape index (κ3) is 3.97. The van der Waals surface area contributed by atoms with Crippen molar-refractivity contribution < 1.29 is 5.11 Å². The highest BCUT2D eigenvalue weighted by molar-refractivity contribution is 4.86. The van der Waals surface area contributed by atoms with Crippen LogP contribution in [-0.4, -0.2) is 23.3 Å². The van der Waals surface area contributed by atoms with Gasteiger partial charge in [0, 0.05) is 18.2 Å². The van der Waals surface area contributed by atoms with Crippen LogP contribution < -0.4 is 5.32 Å². The zero-order valence-electron chi connectivity index (χ0n) is 9.84. The van der Waals surface area contributed by atoms with E-state index in [4.69, 9.17) is 5.11 Å². The molecule has 2 N–H and O–H groups in total. The molecule has 0 spiro atoms. The van der Waals surface area contributed by atoms with Gasteiger partial charge in [-0.05, 0) is 39.0 Å². The fraction of sp³-hybridized carbons (Fsp3) is 1.00. The lowest BCUT2D eigenvalue weighted by Gasteiger charge is -2.32. The van der Waals surface area contributed by atoms with E-state index in [1.165, 1.54) is 19.3 Å². The van der Waals surface area contributed by atoms with Crippen molar-refractivity contribution in [3.63, 3.8) is 0 Å². The van der Waals surface area contributed by atoms with Gasteiger partial charge in [0.05, 0.1) is 0 Å². The molecule has 0 saturated heterocycles. The molecule has 2 unspecified atom stereocenters. The Labute approximate surface area is 88.1 Å². The van der Waals surface area contributed by atoms with Crippen molar-refractivity contribution in [1.29, 1.82) is 0 Å². The number of rotatable bonds is 7. The Hall–Kier alpha value is -0.0800. The zero-order chi connectivity index (χ0) is 10.6. The predicted octanol–water partition coefficient (Wildman–Crippen LogP) is 2.32. The van der Waals surface area contributed by atoms with Gasteiger partial charge in [-0.25, -0.2) is 0 Å². The molecule has 0 radical (unpaired) electrons. The first-order valence-corrected chi connectivity index (χ1v) is 5.98. The quantitative estimate of drug-likeness (QED) is 0.659. The van der Waals surface area contributed by atoms with E-state index in [1.807, 2.05) is 0 Å². The normalized spacial score (nSPS) is 23.1. The molecule has 0 amide bonds. The number of aliphatic hydroxyl groups is 1. The standard InChI is InChI=1S/C12H25NO/c1-4-12(3,7-8-14)13-10(2)9-11-5-6-11/h10-11,13-14H,4-9H2,1-3H3. The molecule has 14 heavy (non-hydrogen) atoms. The SMILES string of the molecule is CCC(C)(CCO)NC(C)CC1CC1. The highest BCUT2D eigenvalue weighted by atomic mass is 16.3. The summed E-state index contributed by atoms with van der Waals surface area (Å²) in [6.45, 7) is 6.95. The van der Waals surface area contributed by atoms with Gasteiger partial charge in [-0.2, -0.15) is 0 Å². The Balaban J connectivity index is 2.28. The van der Waals surface area contributed by atoms with Gasteiger partial charge < -0.3 is 10.4 Å². The lowest BCUT2D eigenvalue weighted by atomic mass is 9.93. The summed E-state index contributed by atoms with van der Waals surface area (Å²) < 4.78 is 0. The minimum atomic E-state index is 0.128. The van der Waals surface area contributed by atoms with Crippen molar-refractivity contribution in [3.8, 4) is 0 Å². The summed E-state index contributed by atoms with van der Waals surface area (Å²) in [5, 5.41) is 12.7. The van der Waals surface area contributed by atoms with Crippen molar-refractivity contribution in [1.82, 2.24) is 5.32 Å². The monoisotopic (exact) mass is 199 g/mol.